The molecule has 0 spiro atoms. The van der Waals surface area contributed by atoms with Crippen molar-refractivity contribution in [3.05, 3.63) is 76.2 Å². The minimum atomic E-state index is -0.266. The van der Waals surface area contributed by atoms with Gasteiger partial charge in [-0.3, -0.25) is 4.79 Å². The van der Waals surface area contributed by atoms with Gasteiger partial charge in [-0.15, -0.1) is 0 Å². The number of aromatic amines is 1. The Morgan fingerprint density at radius 2 is 1.92 bits per heavy atom. The first-order valence-electron chi connectivity index (χ1n) is 7.31. The molecule has 0 amide bonds. The number of aromatic nitrogens is 2. The molecule has 0 atom stereocenters. The predicted octanol–water partition coefficient (Wildman–Crippen LogP) is 5.49. The molecule has 0 radical (unpaired) electrons. The summed E-state index contributed by atoms with van der Waals surface area (Å²) in [5, 5.41) is 1.61. The lowest BCUT2D eigenvalue weighted by molar-refractivity contribution is 0.101. The molecule has 1 aromatic carbocycles. The summed E-state index contributed by atoms with van der Waals surface area (Å²) in [7, 11) is 0. The van der Waals surface area contributed by atoms with Crippen molar-refractivity contribution in [2.45, 2.75) is 0 Å². The summed E-state index contributed by atoms with van der Waals surface area (Å²) < 4.78 is 11.1. The van der Waals surface area contributed by atoms with Gasteiger partial charge in [-0.25, -0.2) is 4.98 Å². The Morgan fingerprint density at radius 1 is 1.12 bits per heavy atom. The summed E-state index contributed by atoms with van der Waals surface area (Å²) in [6, 6.07) is 11.5. The molecule has 0 unspecified atom stereocenters. The zero-order valence-electron chi connectivity index (χ0n) is 12.6. The summed E-state index contributed by atoms with van der Waals surface area (Å²) >= 11 is 11.9. The van der Waals surface area contributed by atoms with E-state index in [-0.39, 0.29) is 17.5 Å². The van der Waals surface area contributed by atoms with Crippen LogP contribution in [0.15, 0.2) is 59.3 Å². The number of nitrogens with one attached hydrogen (secondary N) is 1. The zero-order valence-corrected chi connectivity index (χ0v) is 14.1. The molecular formula is C18H10Cl2N2O3. The molecule has 0 bridgehead atoms. The molecule has 7 heteroatoms. The van der Waals surface area contributed by atoms with Crippen LogP contribution in [0.5, 0.6) is 11.7 Å². The van der Waals surface area contributed by atoms with Crippen molar-refractivity contribution < 1.29 is 13.9 Å². The second-order valence-corrected chi connectivity index (χ2v) is 6.13. The lowest BCUT2D eigenvalue weighted by Crippen LogP contribution is -1.98. The SMILES string of the molecule is O=C(c1ccc(Oc2cc(Cl)cc(Cl)c2)o1)c1c[nH]c2ncccc12. The third-order valence-corrected chi connectivity index (χ3v) is 3.99. The van der Waals surface area contributed by atoms with Gasteiger partial charge in [0.05, 0.1) is 5.56 Å². The quantitative estimate of drug-likeness (QED) is 0.481. The summed E-state index contributed by atoms with van der Waals surface area (Å²) in [6.45, 7) is 0. The van der Waals surface area contributed by atoms with E-state index in [1.807, 2.05) is 6.07 Å². The minimum absolute atomic E-state index is 0.160. The molecular weight excluding hydrogens is 363 g/mol. The maximum absolute atomic E-state index is 12.7. The van der Waals surface area contributed by atoms with Crippen LogP contribution >= 0.6 is 23.2 Å². The number of carbonyl (C=O) groups is 1. The number of hydrogen-bond donors (Lipinski definition) is 1. The van der Waals surface area contributed by atoms with Gasteiger partial charge in [0.25, 0.3) is 5.95 Å². The highest BCUT2D eigenvalue weighted by Crippen LogP contribution is 2.30. The number of carbonyl (C=O) groups excluding carboxylic acids is 1. The molecule has 0 aliphatic carbocycles. The van der Waals surface area contributed by atoms with Crippen LogP contribution in [0.3, 0.4) is 0 Å². The standard InChI is InChI=1S/C18H10Cl2N2O3/c19-10-6-11(20)8-12(7-10)24-16-4-3-15(25-16)17(23)14-9-22-18-13(14)2-1-5-21-18/h1-9H,(H,21,22). The molecule has 25 heavy (non-hydrogen) atoms. The summed E-state index contributed by atoms with van der Waals surface area (Å²) in [6.07, 6.45) is 3.27. The van der Waals surface area contributed by atoms with Crippen LogP contribution in [-0.4, -0.2) is 15.8 Å². The molecule has 4 rings (SSSR count). The smallest absolute Gasteiger partial charge is 0.290 e. The molecule has 124 valence electrons. The first-order valence-corrected chi connectivity index (χ1v) is 8.06. The average molecular weight is 373 g/mol. The topological polar surface area (TPSA) is 68.1 Å². The molecule has 5 nitrogen and oxygen atoms in total. The number of hydrogen-bond acceptors (Lipinski definition) is 4. The van der Waals surface area contributed by atoms with E-state index in [1.165, 1.54) is 0 Å². The van der Waals surface area contributed by atoms with Gasteiger partial charge in [0.15, 0.2) is 5.76 Å². The Balaban J connectivity index is 1.61. The molecule has 0 saturated carbocycles. The first-order chi connectivity index (χ1) is 12.1. The van der Waals surface area contributed by atoms with Gasteiger partial charge in [-0.05, 0) is 36.4 Å². The Morgan fingerprint density at radius 3 is 2.72 bits per heavy atom. The Kier molecular flexibility index (Phi) is 3.95. The highest BCUT2D eigenvalue weighted by atomic mass is 35.5. The van der Waals surface area contributed by atoms with Crippen molar-refractivity contribution in [1.29, 1.82) is 0 Å². The fourth-order valence-corrected chi connectivity index (χ4v) is 2.98. The highest BCUT2D eigenvalue weighted by Gasteiger charge is 2.18. The van der Waals surface area contributed by atoms with E-state index in [4.69, 9.17) is 32.4 Å². The number of benzene rings is 1. The molecule has 0 aliphatic rings. The average Bonchev–Trinajstić information content (AvgIpc) is 3.20. The van der Waals surface area contributed by atoms with Crippen molar-refractivity contribution in [2.75, 3.05) is 0 Å². The fraction of sp³-hybridized carbons (Fsp3) is 0. The fourth-order valence-electron chi connectivity index (χ4n) is 2.48. The van der Waals surface area contributed by atoms with E-state index in [9.17, 15) is 4.79 Å². The lowest BCUT2D eigenvalue weighted by atomic mass is 10.1. The van der Waals surface area contributed by atoms with E-state index in [0.717, 1.165) is 5.39 Å². The molecule has 4 aromatic rings. The number of H-pyrrole nitrogens is 1. The first kappa shape index (κ1) is 15.7. The van der Waals surface area contributed by atoms with Crippen LogP contribution in [0.4, 0.5) is 0 Å². The van der Waals surface area contributed by atoms with Gasteiger partial charge in [-0.2, -0.15) is 0 Å². The normalized spacial score (nSPS) is 11.0. The number of furan rings is 1. The van der Waals surface area contributed by atoms with E-state index in [0.29, 0.717) is 27.0 Å². The van der Waals surface area contributed by atoms with Gasteiger partial charge in [0.1, 0.15) is 11.4 Å². The second-order valence-electron chi connectivity index (χ2n) is 5.26. The van der Waals surface area contributed by atoms with Crippen molar-refractivity contribution >= 4 is 40.0 Å². The Labute approximate surface area is 152 Å². The van der Waals surface area contributed by atoms with Crippen LogP contribution in [0, 0.1) is 0 Å². The lowest BCUT2D eigenvalue weighted by Gasteiger charge is -2.03. The van der Waals surface area contributed by atoms with Crippen LogP contribution in [0.2, 0.25) is 10.0 Å². The molecule has 3 aromatic heterocycles. The summed E-state index contributed by atoms with van der Waals surface area (Å²) in [5.74, 6) is 0.480. The maximum atomic E-state index is 12.7. The molecule has 1 N–H and O–H groups in total. The third kappa shape index (κ3) is 3.12. The van der Waals surface area contributed by atoms with Crippen molar-refractivity contribution in [2.24, 2.45) is 0 Å². The number of halogens is 2. The van der Waals surface area contributed by atoms with Gasteiger partial charge < -0.3 is 14.1 Å². The minimum Gasteiger partial charge on any atom is -0.426 e. The zero-order chi connectivity index (χ0) is 17.4. The van der Waals surface area contributed by atoms with Crippen molar-refractivity contribution in [1.82, 2.24) is 9.97 Å². The number of nitrogens with zero attached hydrogens (tertiary/aromatic N) is 1. The number of ether oxygens (including phenoxy) is 1. The molecule has 3 heterocycles. The van der Waals surface area contributed by atoms with Gasteiger partial charge in [0, 0.05) is 33.9 Å². The number of fused-ring (bicyclic) bond motifs is 1. The van der Waals surface area contributed by atoms with E-state index >= 15 is 0 Å². The monoisotopic (exact) mass is 372 g/mol. The molecule has 0 fully saturated rings. The largest absolute Gasteiger partial charge is 0.426 e. The number of ketones is 1. The van der Waals surface area contributed by atoms with Gasteiger partial charge in [0.2, 0.25) is 5.78 Å². The van der Waals surface area contributed by atoms with Crippen LogP contribution in [0.1, 0.15) is 16.1 Å². The summed E-state index contributed by atoms with van der Waals surface area (Å²) in [5.41, 5.74) is 1.12. The second kappa shape index (κ2) is 6.27. The van der Waals surface area contributed by atoms with Gasteiger partial charge >= 0.3 is 0 Å². The van der Waals surface area contributed by atoms with E-state index in [1.54, 1.807) is 48.8 Å². The Bertz CT molecular complexity index is 1060. The van der Waals surface area contributed by atoms with Crippen LogP contribution in [-0.2, 0) is 0 Å². The molecule has 0 aliphatic heterocycles. The highest BCUT2D eigenvalue weighted by molar-refractivity contribution is 6.34. The predicted molar refractivity (Wildman–Crippen MR) is 94.8 cm³/mol. The van der Waals surface area contributed by atoms with Crippen molar-refractivity contribution in [3.8, 4) is 11.7 Å². The number of pyridine rings is 1. The number of rotatable bonds is 4. The van der Waals surface area contributed by atoms with E-state index < -0.39 is 0 Å². The van der Waals surface area contributed by atoms with Crippen LogP contribution in [0.25, 0.3) is 11.0 Å². The third-order valence-electron chi connectivity index (χ3n) is 3.56. The van der Waals surface area contributed by atoms with Crippen molar-refractivity contribution in [3.63, 3.8) is 0 Å². The van der Waals surface area contributed by atoms with Gasteiger partial charge in [-0.1, -0.05) is 23.2 Å². The van der Waals surface area contributed by atoms with Crippen LogP contribution < -0.4 is 4.74 Å². The molecule has 0 saturated heterocycles. The summed E-state index contributed by atoms with van der Waals surface area (Å²) in [4.78, 5) is 19.8. The maximum Gasteiger partial charge on any atom is 0.290 e. The van der Waals surface area contributed by atoms with E-state index in [2.05, 4.69) is 9.97 Å². The Hall–Kier alpha value is -2.76.